The zero-order valence-electron chi connectivity index (χ0n) is 10.9. The van der Waals surface area contributed by atoms with Gasteiger partial charge in [-0.15, -0.1) is 0 Å². The first-order chi connectivity index (χ1) is 8.74. The minimum absolute atomic E-state index is 0.0255. The fourth-order valence-corrected chi connectivity index (χ4v) is 1.90. The van der Waals surface area contributed by atoms with Gasteiger partial charge in [-0.25, -0.2) is 0 Å². The monoisotopic (exact) mass is 261 g/mol. The van der Waals surface area contributed by atoms with Crippen molar-refractivity contribution in [3.8, 4) is 0 Å². The van der Waals surface area contributed by atoms with Gasteiger partial charge in [0.15, 0.2) is 0 Å². The molecule has 2 atom stereocenters. The standard InChI is InChI=1S/C12H23NO5/c1-16-3-2-4-17-5-6-18-11-7-10(12(14)15)8-13-9-11/h10-11,13H,2-9H2,1H3,(H,14,15). The van der Waals surface area contributed by atoms with Crippen molar-refractivity contribution in [3.63, 3.8) is 0 Å². The number of ether oxygens (including phenoxy) is 3. The number of methoxy groups -OCH3 is 1. The van der Waals surface area contributed by atoms with Crippen molar-refractivity contribution in [1.29, 1.82) is 0 Å². The van der Waals surface area contributed by atoms with E-state index in [0.29, 0.717) is 45.9 Å². The van der Waals surface area contributed by atoms with E-state index in [0.717, 1.165) is 6.42 Å². The molecule has 6 heteroatoms. The number of carbonyl (C=O) groups is 1. The van der Waals surface area contributed by atoms with Crippen LogP contribution in [0.3, 0.4) is 0 Å². The van der Waals surface area contributed by atoms with Gasteiger partial charge in [-0.2, -0.15) is 0 Å². The van der Waals surface area contributed by atoms with Crippen LogP contribution in [0, 0.1) is 5.92 Å². The van der Waals surface area contributed by atoms with E-state index in [4.69, 9.17) is 19.3 Å². The first kappa shape index (κ1) is 15.4. The Labute approximate surface area is 108 Å². The lowest BCUT2D eigenvalue weighted by molar-refractivity contribution is -0.144. The van der Waals surface area contributed by atoms with Crippen molar-refractivity contribution in [2.45, 2.75) is 18.9 Å². The molecule has 0 bridgehead atoms. The summed E-state index contributed by atoms with van der Waals surface area (Å²) in [6.07, 6.45) is 1.43. The lowest BCUT2D eigenvalue weighted by atomic mass is 9.98. The average Bonchev–Trinajstić information content (AvgIpc) is 2.38. The highest BCUT2D eigenvalue weighted by atomic mass is 16.5. The summed E-state index contributed by atoms with van der Waals surface area (Å²) in [6, 6.07) is 0. The minimum Gasteiger partial charge on any atom is -0.481 e. The second kappa shape index (κ2) is 9.27. The third kappa shape index (κ3) is 6.30. The molecule has 0 aromatic heterocycles. The molecule has 2 unspecified atom stereocenters. The number of hydrogen-bond donors (Lipinski definition) is 2. The van der Waals surface area contributed by atoms with E-state index in [1.165, 1.54) is 0 Å². The SMILES string of the molecule is COCCCOCCOC1CNCC(C(=O)O)C1. The predicted octanol–water partition coefficient (Wildman–Crippen LogP) is 0.119. The highest BCUT2D eigenvalue weighted by Crippen LogP contribution is 2.13. The first-order valence-corrected chi connectivity index (χ1v) is 6.36. The number of rotatable bonds is 9. The van der Waals surface area contributed by atoms with E-state index < -0.39 is 5.97 Å². The van der Waals surface area contributed by atoms with E-state index >= 15 is 0 Å². The van der Waals surface area contributed by atoms with E-state index in [1.807, 2.05) is 0 Å². The molecule has 1 saturated heterocycles. The van der Waals surface area contributed by atoms with Crippen LogP contribution in [-0.4, -0.2) is 63.8 Å². The van der Waals surface area contributed by atoms with Gasteiger partial charge < -0.3 is 24.6 Å². The predicted molar refractivity (Wildman–Crippen MR) is 65.7 cm³/mol. The summed E-state index contributed by atoms with van der Waals surface area (Å²) in [6.45, 7) is 3.66. The zero-order valence-corrected chi connectivity index (χ0v) is 10.9. The Kier molecular flexibility index (Phi) is 7.91. The van der Waals surface area contributed by atoms with Crippen LogP contribution in [0.4, 0.5) is 0 Å². The summed E-state index contributed by atoms with van der Waals surface area (Å²) < 4.78 is 15.8. The molecule has 0 aromatic rings. The summed E-state index contributed by atoms with van der Waals surface area (Å²) in [5.41, 5.74) is 0. The molecule has 18 heavy (non-hydrogen) atoms. The van der Waals surface area contributed by atoms with E-state index in [9.17, 15) is 4.79 Å². The number of nitrogens with one attached hydrogen (secondary N) is 1. The maximum atomic E-state index is 10.8. The molecule has 1 heterocycles. The molecule has 0 aromatic carbocycles. The molecule has 2 N–H and O–H groups in total. The van der Waals surface area contributed by atoms with Crippen LogP contribution in [-0.2, 0) is 19.0 Å². The highest BCUT2D eigenvalue weighted by molar-refractivity contribution is 5.70. The Morgan fingerprint density at radius 3 is 2.83 bits per heavy atom. The molecule has 0 spiro atoms. The molecule has 0 amide bonds. The smallest absolute Gasteiger partial charge is 0.307 e. The van der Waals surface area contributed by atoms with Gasteiger partial charge in [0.05, 0.1) is 25.2 Å². The summed E-state index contributed by atoms with van der Waals surface area (Å²) >= 11 is 0. The topological polar surface area (TPSA) is 77.0 Å². The van der Waals surface area contributed by atoms with Crippen LogP contribution >= 0.6 is 0 Å². The first-order valence-electron chi connectivity index (χ1n) is 6.36. The van der Waals surface area contributed by atoms with Crippen LogP contribution in [0.25, 0.3) is 0 Å². The molecular weight excluding hydrogens is 238 g/mol. The average molecular weight is 261 g/mol. The molecule has 1 aliphatic heterocycles. The van der Waals surface area contributed by atoms with Crippen molar-refractivity contribution < 1.29 is 24.1 Å². The number of hydrogen-bond acceptors (Lipinski definition) is 5. The summed E-state index contributed by atoms with van der Waals surface area (Å²) in [5, 5.41) is 12.0. The summed E-state index contributed by atoms with van der Waals surface area (Å²) in [7, 11) is 1.66. The third-order valence-corrected chi connectivity index (χ3v) is 2.88. The molecule has 1 rings (SSSR count). The number of piperidine rings is 1. The van der Waals surface area contributed by atoms with Crippen LogP contribution in [0.5, 0.6) is 0 Å². The second-order valence-corrected chi connectivity index (χ2v) is 4.38. The van der Waals surface area contributed by atoms with Crippen molar-refractivity contribution in [3.05, 3.63) is 0 Å². The lowest BCUT2D eigenvalue weighted by Gasteiger charge is -2.27. The van der Waals surface area contributed by atoms with Crippen LogP contribution in [0.2, 0.25) is 0 Å². The van der Waals surface area contributed by atoms with Gasteiger partial charge in [-0.3, -0.25) is 4.79 Å². The van der Waals surface area contributed by atoms with Crippen molar-refractivity contribution >= 4 is 5.97 Å². The number of aliphatic carboxylic acids is 1. The molecule has 106 valence electrons. The Morgan fingerprint density at radius 1 is 1.28 bits per heavy atom. The Balaban J connectivity index is 2.00. The Morgan fingerprint density at radius 2 is 2.11 bits per heavy atom. The molecule has 6 nitrogen and oxygen atoms in total. The number of carboxylic acids is 1. The lowest BCUT2D eigenvalue weighted by Crippen LogP contribution is -2.43. The maximum absolute atomic E-state index is 10.8. The quantitative estimate of drug-likeness (QED) is 0.574. The van der Waals surface area contributed by atoms with Crippen LogP contribution < -0.4 is 5.32 Å². The van der Waals surface area contributed by atoms with E-state index in [-0.39, 0.29) is 12.0 Å². The molecule has 1 aliphatic rings. The van der Waals surface area contributed by atoms with Gasteiger partial charge in [-0.1, -0.05) is 0 Å². The van der Waals surface area contributed by atoms with E-state index in [2.05, 4.69) is 5.32 Å². The van der Waals surface area contributed by atoms with Gasteiger partial charge in [0.25, 0.3) is 0 Å². The largest absolute Gasteiger partial charge is 0.481 e. The molecule has 1 fully saturated rings. The third-order valence-electron chi connectivity index (χ3n) is 2.88. The van der Waals surface area contributed by atoms with E-state index in [1.54, 1.807) is 7.11 Å². The van der Waals surface area contributed by atoms with Gasteiger partial charge in [0.2, 0.25) is 0 Å². The normalized spacial score (nSPS) is 24.1. The summed E-state index contributed by atoms with van der Waals surface area (Å²) in [5.74, 6) is -1.10. The molecule has 0 saturated carbocycles. The fourth-order valence-electron chi connectivity index (χ4n) is 1.90. The van der Waals surface area contributed by atoms with Gasteiger partial charge in [0.1, 0.15) is 0 Å². The summed E-state index contributed by atoms with van der Waals surface area (Å²) in [4.78, 5) is 10.8. The Bertz CT molecular complexity index is 237. The molecule has 0 radical (unpaired) electrons. The van der Waals surface area contributed by atoms with Crippen LogP contribution in [0.1, 0.15) is 12.8 Å². The van der Waals surface area contributed by atoms with Gasteiger partial charge in [0, 0.05) is 33.4 Å². The van der Waals surface area contributed by atoms with Crippen molar-refractivity contribution in [2.75, 3.05) is 46.6 Å². The fraction of sp³-hybridized carbons (Fsp3) is 0.917. The highest BCUT2D eigenvalue weighted by Gasteiger charge is 2.26. The number of carboxylic acid groups (broad SMARTS) is 1. The van der Waals surface area contributed by atoms with Crippen molar-refractivity contribution in [1.82, 2.24) is 5.32 Å². The van der Waals surface area contributed by atoms with Gasteiger partial charge >= 0.3 is 5.97 Å². The molecule has 0 aliphatic carbocycles. The Hall–Kier alpha value is -0.690. The maximum Gasteiger partial charge on any atom is 0.307 e. The van der Waals surface area contributed by atoms with Crippen LogP contribution in [0.15, 0.2) is 0 Å². The second-order valence-electron chi connectivity index (χ2n) is 4.38. The zero-order chi connectivity index (χ0) is 13.2. The van der Waals surface area contributed by atoms with Crippen molar-refractivity contribution in [2.24, 2.45) is 5.92 Å². The van der Waals surface area contributed by atoms with Gasteiger partial charge in [-0.05, 0) is 12.8 Å². The molecular formula is C12H23NO5. The minimum atomic E-state index is -0.758.